The second-order valence-electron chi connectivity index (χ2n) is 7.45. The van der Waals surface area contributed by atoms with Crippen molar-refractivity contribution in [2.24, 2.45) is 4.76 Å². The first-order valence-electron chi connectivity index (χ1n) is 10.1. The summed E-state index contributed by atoms with van der Waals surface area (Å²) in [5.41, 5.74) is -0.859. The summed E-state index contributed by atoms with van der Waals surface area (Å²) in [6.45, 7) is 6.74. The summed E-state index contributed by atoms with van der Waals surface area (Å²) in [6, 6.07) is 19.7. The van der Waals surface area contributed by atoms with Crippen molar-refractivity contribution in [1.29, 1.82) is 5.26 Å². The van der Waals surface area contributed by atoms with Crippen LogP contribution < -0.4 is 0 Å². The number of nitrogens with zero attached hydrogens (tertiary/aromatic N) is 2. The van der Waals surface area contributed by atoms with E-state index in [4.69, 9.17) is 13.8 Å². The maximum atomic E-state index is 13.2. The molecule has 2 aromatic rings. The highest BCUT2D eigenvalue weighted by atomic mass is 31.2. The van der Waals surface area contributed by atoms with Gasteiger partial charge in [-0.1, -0.05) is 60.7 Å². The molecule has 0 radical (unpaired) electrons. The van der Waals surface area contributed by atoms with Crippen molar-refractivity contribution in [3.05, 3.63) is 77.4 Å². The van der Waals surface area contributed by atoms with Crippen LogP contribution in [0.2, 0.25) is 0 Å². The van der Waals surface area contributed by atoms with Crippen LogP contribution in [-0.2, 0) is 28.6 Å². The fourth-order valence-electron chi connectivity index (χ4n) is 3.12. The Labute approximate surface area is 188 Å². The molecule has 0 aromatic heterocycles. The highest BCUT2D eigenvalue weighted by molar-refractivity contribution is 7.52. The molecule has 168 valence electrons. The fourth-order valence-corrected chi connectivity index (χ4v) is 4.55. The first-order chi connectivity index (χ1) is 15.2. The zero-order chi connectivity index (χ0) is 23.8. The van der Waals surface area contributed by atoms with Crippen LogP contribution in [0.15, 0.2) is 71.0 Å². The lowest BCUT2D eigenvalue weighted by atomic mass is 9.70. The van der Waals surface area contributed by atoms with Gasteiger partial charge in [0.2, 0.25) is 0 Å². The highest BCUT2D eigenvalue weighted by Gasteiger charge is 2.44. The molecule has 0 amide bonds. The molecule has 2 rings (SSSR count). The van der Waals surface area contributed by atoms with E-state index < -0.39 is 31.3 Å². The zero-order valence-corrected chi connectivity index (χ0v) is 19.7. The molecule has 7 nitrogen and oxygen atoms in total. The van der Waals surface area contributed by atoms with Crippen molar-refractivity contribution in [3.8, 4) is 6.07 Å². The van der Waals surface area contributed by atoms with Crippen LogP contribution in [0.1, 0.15) is 38.8 Å². The second-order valence-corrected chi connectivity index (χ2v) is 9.01. The summed E-state index contributed by atoms with van der Waals surface area (Å²) in [6.07, 6.45) is -0.925. The van der Waals surface area contributed by atoms with Crippen LogP contribution in [0.3, 0.4) is 0 Å². The molecular formula is C24H27N2O5P. The third kappa shape index (κ3) is 5.82. The van der Waals surface area contributed by atoms with E-state index in [0.29, 0.717) is 11.1 Å². The molecular weight excluding hydrogens is 427 g/mol. The van der Waals surface area contributed by atoms with Gasteiger partial charge in [0, 0.05) is 5.87 Å². The van der Waals surface area contributed by atoms with Crippen molar-refractivity contribution in [2.75, 3.05) is 7.11 Å². The third-order valence-electron chi connectivity index (χ3n) is 4.32. The summed E-state index contributed by atoms with van der Waals surface area (Å²) in [7, 11) is -2.83. The number of hydrogen-bond acceptors (Lipinski definition) is 6. The minimum Gasteiger partial charge on any atom is -0.465 e. The van der Waals surface area contributed by atoms with Crippen LogP contribution in [0, 0.1) is 11.3 Å². The first-order valence-corrected chi connectivity index (χ1v) is 11.6. The van der Waals surface area contributed by atoms with Gasteiger partial charge in [0.15, 0.2) is 0 Å². The fraction of sp³-hybridized carbons (Fsp3) is 0.333. The third-order valence-corrected chi connectivity index (χ3v) is 6.04. The molecule has 0 N–H and O–H groups in total. The van der Waals surface area contributed by atoms with Gasteiger partial charge in [0.25, 0.3) is 0 Å². The Balaban J connectivity index is 2.89. The minimum atomic E-state index is -4.02. The number of ether oxygens (including phenoxy) is 1. The van der Waals surface area contributed by atoms with Crippen LogP contribution in [0.25, 0.3) is 0 Å². The molecule has 0 spiro atoms. The largest absolute Gasteiger partial charge is 0.465 e. The van der Waals surface area contributed by atoms with Gasteiger partial charge in [-0.3, -0.25) is 9.05 Å². The molecule has 0 aliphatic heterocycles. The van der Waals surface area contributed by atoms with E-state index in [1.165, 1.54) is 7.11 Å². The Bertz CT molecular complexity index is 1020. The number of rotatable bonds is 9. The van der Waals surface area contributed by atoms with Gasteiger partial charge in [0.05, 0.1) is 25.4 Å². The van der Waals surface area contributed by atoms with Crippen molar-refractivity contribution >= 4 is 19.6 Å². The van der Waals surface area contributed by atoms with E-state index in [9.17, 15) is 14.6 Å². The van der Waals surface area contributed by atoms with E-state index in [-0.39, 0.29) is 5.57 Å². The maximum absolute atomic E-state index is 13.2. The molecule has 0 aliphatic rings. The number of esters is 1. The van der Waals surface area contributed by atoms with E-state index in [1.54, 1.807) is 88.4 Å². The SMILES string of the molecule is COC(=O)C(=C=NP(=O)(OC(C)C)OC(C)C)C(C#N)(c1ccccc1)c1ccccc1. The van der Waals surface area contributed by atoms with Gasteiger partial charge in [-0.15, -0.1) is 4.76 Å². The van der Waals surface area contributed by atoms with Gasteiger partial charge in [0.1, 0.15) is 11.0 Å². The molecule has 0 bridgehead atoms. The number of carbonyl (C=O) groups excluding carboxylic acids is 1. The topological polar surface area (TPSA) is 98.0 Å². The van der Waals surface area contributed by atoms with Crippen LogP contribution in [-0.4, -0.2) is 31.2 Å². The van der Waals surface area contributed by atoms with Crippen LogP contribution >= 0.6 is 7.75 Å². The van der Waals surface area contributed by atoms with Crippen molar-refractivity contribution in [3.63, 3.8) is 0 Å². The molecule has 0 atom stereocenters. The van der Waals surface area contributed by atoms with Crippen LogP contribution in [0.4, 0.5) is 0 Å². The zero-order valence-electron chi connectivity index (χ0n) is 18.8. The molecule has 0 unspecified atom stereocenters. The van der Waals surface area contributed by atoms with E-state index in [0.717, 1.165) is 0 Å². The maximum Gasteiger partial charge on any atom is 0.462 e. The van der Waals surface area contributed by atoms with E-state index in [1.807, 2.05) is 0 Å². The lowest BCUT2D eigenvalue weighted by Crippen LogP contribution is -2.33. The lowest BCUT2D eigenvalue weighted by molar-refractivity contribution is -0.136. The average Bonchev–Trinajstić information content (AvgIpc) is 2.76. The molecule has 0 saturated carbocycles. The standard InChI is InChI=1S/C24H27N2O5P/c1-18(2)30-32(28,31-19(3)4)26-16-22(23(27)29-5)24(17-25,20-12-8-6-9-13-20)21-14-10-7-11-15-21/h6-15,18-19H,1-5H3. The number of methoxy groups -OCH3 is 1. The number of hydrogen-bond donors (Lipinski definition) is 0. The van der Waals surface area contributed by atoms with Crippen molar-refractivity contribution in [1.82, 2.24) is 0 Å². The quantitative estimate of drug-likeness (QED) is 0.223. The molecule has 0 fully saturated rings. The van der Waals surface area contributed by atoms with Gasteiger partial charge in [-0.2, -0.15) is 5.26 Å². The minimum absolute atomic E-state index is 0.236. The molecule has 8 heteroatoms. The smallest absolute Gasteiger partial charge is 0.462 e. The molecule has 32 heavy (non-hydrogen) atoms. The molecule has 0 saturated heterocycles. The molecule has 0 aliphatic carbocycles. The summed E-state index contributed by atoms with van der Waals surface area (Å²) >= 11 is 0. The average molecular weight is 454 g/mol. The van der Waals surface area contributed by atoms with E-state index >= 15 is 0 Å². The second kappa shape index (κ2) is 11.0. The van der Waals surface area contributed by atoms with Crippen molar-refractivity contribution < 1.29 is 23.1 Å². The molecule has 2 aromatic carbocycles. The Kier molecular flexibility index (Phi) is 8.72. The normalized spacial score (nSPS) is 11.6. The number of carbonyl (C=O) groups is 1. The van der Waals surface area contributed by atoms with Gasteiger partial charge >= 0.3 is 13.7 Å². The van der Waals surface area contributed by atoms with Gasteiger partial charge < -0.3 is 4.74 Å². The summed E-state index contributed by atoms with van der Waals surface area (Å²) in [5, 5.41) is 10.4. The van der Waals surface area contributed by atoms with Crippen LogP contribution in [0.5, 0.6) is 0 Å². The Hall–Kier alpha value is -3.00. The first kappa shape index (κ1) is 25.3. The van der Waals surface area contributed by atoms with Gasteiger partial charge in [-0.05, 0) is 38.8 Å². The predicted molar refractivity (Wildman–Crippen MR) is 122 cm³/mol. The van der Waals surface area contributed by atoms with Crippen molar-refractivity contribution in [2.45, 2.75) is 45.3 Å². The Morgan fingerprint density at radius 3 is 1.72 bits per heavy atom. The van der Waals surface area contributed by atoms with E-state index in [2.05, 4.69) is 16.7 Å². The summed E-state index contributed by atoms with van der Waals surface area (Å²) in [4.78, 5) is 12.9. The lowest BCUT2D eigenvalue weighted by Gasteiger charge is -2.28. The highest BCUT2D eigenvalue weighted by Crippen LogP contribution is 2.52. The Morgan fingerprint density at radius 2 is 1.38 bits per heavy atom. The number of benzene rings is 2. The summed E-state index contributed by atoms with van der Waals surface area (Å²) < 4.78 is 33.0. The number of nitriles is 1. The molecule has 0 heterocycles. The predicted octanol–water partition coefficient (Wildman–Crippen LogP) is 5.22. The Morgan fingerprint density at radius 1 is 0.938 bits per heavy atom. The monoisotopic (exact) mass is 454 g/mol. The van der Waals surface area contributed by atoms with Gasteiger partial charge in [-0.25, -0.2) is 9.36 Å². The summed E-state index contributed by atoms with van der Waals surface area (Å²) in [5.74, 6) is 1.70.